The number of nitrogens with two attached hydrogens (primary N) is 1. The molecule has 2 nitrogen and oxygen atoms in total. The molecular formula is C14H23ClN2S. The standard InChI is InChI=1S/C14H23ClN2S/c1-17(11-12-5-6-13(15)18-12)10-9-14(16)7-3-2-4-8-14/h5-6H,2-4,7-11,16H2,1H3. The van der Waals surface area contributed by atoms with Crippen LogP contribution >= 0.6 is 22.9 Å². The van der Waals surface area contributed by atoms with E-state index in [1.54, 1.807) is 11.3 Å². The van der Waals surface area contributed by atoms with Crippen LogP contribution in [0.4, 0.5) is 0 Å². The van der Waals surface area contributed by atoms with Crippen molar-refractivity contribution in [1.29, 1.82) is 0 Å². The highest BCUT2D eigenvalue weighted by molar-refractivity contribution is 7.16. The monoisotopic (exact) mass is 286 g/mol. The van der Waals surface area contributed by atoms with E-state index in [0.29, 0.717) is 0 Å². The topological polar surface area (TPSA) is 29.3 Å². The first kappa shape index (κ1) is 14.3. The Balaban J connectivity index is 1.75. The summed E-state index contributed by atoms with van der Waals surface area (Å²) in [5.41, 5.74) is 6.56. The number of hydrogen-bond donors (Lipinski definition) is 1. The van der Waals surface area contributed by atoms with Gasteiger partial charge in [0, 0.05) is 17.0 Å². The van der Waals surface area contributed by atoms with Crippen molar-refractivity contribution < 1.29 is 0 Å². The molecule has 0 spiro atoms. The molecule has 2 N–H and O–H groups in total. The normalized spacial score (nSPS) is 19.3. The van der Waals surface area contributed by atoms with Gasteiger partial charge >= 0.3 is 0 Å². The lowest BCUT2D eigenvalue weighted by atomic mass is 9.80. The van der Waals surface area contributed by atoms with Crippen LogP contribution < -0.4 is 5.73 Å². The van der Waals surface area contributed by atoms with Crippen LogP contribution in [0, 0.1) is 0 Å². The molecule has 0 aliphatic heterocycles. The van der Waals surface area contributed by atoms with E-state index >= 15 is 0 Å². The third-order valence-corrected chi connectivity index (χ3v) is 5.11. The van der Waals surface area contributed by atoms with Crippen molar-refractivity contribution >= 4 is 22.9 Å². The second-order valence-electron chi connectivity index (χ2n) is 5.62. The van der Waals surface area contributed by atoms with Gasteiger partial charge in [0.25, 0.3) is 0 Å². The van der Waals surface area contributed by atoms with Crippen LogP contribution in [0.1, 0.15) is 43.4 Å². The lowest BCUT2D eigenvalue weighted by molar-refractivity contribution is 0.227. The quantitative estimate of drug-likeness (QED) is 0.890. The van der Waals surface area contributed by atoms with E-state index in [9.17, 15) is 0 Å². The van der Waals surface area contributed by atoms with Gasteiger partial charge in [-0.3, -0.25) is 0 Å². The van der Waals surface area contributed by atoms with Gasteiger partial charge in [-0.25, -0.2) is 0 Å². The van der Waals surface area contributed by atoms with Crippen molar-refractivity contribution in [3.05, 3.63) is 21.3 Å². The maximum atomic E-state index is 6.46. The van der Waals surface area contributed by atoms with E-state index < -0.39 is 0 Å². The summed E-state index contributed by atoms with van der Waals surface area (Å²) in [6.07, 6.45) is 7.49. The zero-order valence-corrected chi connectivity index (χ0v) is 12.7. The maximum Gasteiger partial charge on any atom is 0.0931 e. The molecule has 1 aliphatic rings. The third kappa shape index (κ3) is 4.23. The maximum absolute atomic E-state index is 6.46. The number of halogens is 1. The lowest BCUT2D eigenvalue weighted by Gasteiger charge is -2.34. The molecule has 2 rings (SSSR count). The predicted octanol–water partition coefficient (Wildman–Crippen LogP) is 3.89. The van der Waals surface area contributed by atoms with Crippen LogP contribution in [0.15, 0.2) is 12.1 Å². The minimum absolute atomic E-state index is 0.0968. The first-order valence-corrected chi connectivity index (χ1v) is 7.98. The number of thiophene rings is 1. The Kier molecular flexibility index (Phi) is 5.07. The Morgan fingerprint density at radius 3 is 2.67 bits per heavy atom. The molecule has 1 fully saturated rings. The van der Waals surface area contributed by atoms with Crippen molar-refractivity contribution in [3.8, 4) is 0 Å². The highest BCUT2D eigenvalue weighted by Gasteiger charge is 2.27. The first-order valence-electron chi connectivity index (χ1n) is 6.79. The van der Waals surface area contributed by atoms with Crippen LogP contribution in [0.2, 0.25) is 4.34 Å². The average Bonchev–Trinajstić information content (AvgIpc) is 2.73. The molecule has 0 aromatic carbocycles. The molecular weight excluding hydrogens is 264 g/mol. The van der Waals surface area contributed by atoms with Crippen molar-refractivity contribution in [3.63, 3.8) is 0 Å². The fraction of sp³-hybridized carbons (Fsp3) is 0.714. The molecule has 0 bridgehead atoms. The Bertz CT molecular complexity index is 372. The number of nitrogens with zero attached hydrogens (tertiary/aromatic N) is 1. The molecule has 0 amide bonds. The molecule has 1 aliphatic carbocycles. The highest BCUT2D eigenvalue weighted by Crippen LogP contribution is 2.29. The summed E-state index contributed by atoms with van der Waals surface area (Å²) in [6, 6.07) is 4.09. The zero-order valence-electron chi connectivity index (χ0n) is 11.1. The van der Waals surface area contributed by atoms with Crippen LogP contribution in [0.3, 0.4) is 0 Å². The Labute approximate surface area is 119 Å². The van der Waals surface area contributed by atoms with E-state index in [2.05, 4.69) is 18.0 Å². The molecule has 18 heavy (non-hydrogen) atoms. The molecule has 102 valence electrons. The van der Waals surface area contributed by atoms with Gasteiger partial charge in [0.15, 0.2) is 0 Å². The van der Waals surface area contributed by atoms with Crippen molar-refractivity contribution in [2.45, 2.75) is 50.6 Å². The van der Waals surface area contributed by atoms with E-state index in [4.69, 9.17) is 17.3 Å². The minimum Gasteiger partial charge on any atom is -0.325 e. The second kappa shape index (κ2) is 6.38. The lowest BCUT2D eigenvalue weighted by Crippen LogP contribution is -2.44. The summed E-state index contributed by atoms with van der Waals surface area (Å²) in [5.74, 6) is 0. The molecule has 4 heteroatoms. The van der Waals surface area contributed by atoms with Crippen molar-refractivity contribution in [1.82, 2.24) is 4.90 Å². The minimum atomic E-state index is 0.0968. The van der Waals surface area contributed by atoms with Gasteiger partial charge in [0.1, 0.15) is 0 Å². The summed E-state index contributed by atoms with van der Waals surface area (Å²) in [4.78, 5) is 3.68. The van der Waals surface area contributed by atoms with E-state index in [1.165, 1.54) is 37.0 Å². The summed E-state index contributed by atoms with van der Waals surface area (Å²) in [7, 11) is 2.17. The largest absolute Gasteiger partial charge is 0.325 e. The molecule has 0 unspecified atom stereocenters. The summed E-state index contributed by atoms with van der Waals surface area (Å²) < 4.78 is 0.876. The van der Waals surface area contributed by atoms with Gasteiger partial charge in [-0.05, 0) is 45.0 Å². The molecule has 1 saturated carbocycles. The van der Waals surface area contributed by atoms with Crippen LogP contribution in [-0.4, -0.2) is 24.0 Å². The average molecular weight is 287 g/mol. The molecule has 1 heterocycles. The third-order valence-electron chi connectivity index (χ3n) is 3.90. The predicted molar refractivity (Wildman–Crippen MR) is 80.3 cm³/mol. The summed E-state index contributed by atoms with van der Waals surface area (Å²) in [5, 5.41) is 0. The molecule has 0 saturated heterocycles. The van der Waals surface area contributed by atoms with Crippen LogP contribution in [-0.2, 0) is 6.54 Å². The van der Waals surface area contributed by atoms with Gasteiger partial charge in [0.2, 0.25) is 0 Å². The summed E-state index contributed by atoms with van der Waals surface area (Å²) >= 11 is 7.61. The molecule has 1 aromatic rings. The summed E-state index contributed by atoms with van der Waals surface area (Å²) in [6.45, 7) is 2.06. The molecule has 0 atom stereocenters. The van der Waals surface area contributed by atoms with Crippen molar-refractivity contribution in [2.75, 3.05) is 13.6 Å². The van der Waals surface area contributed by atoms with Gasteiger partial charge in [-0.15, -0.1) is 11.3 Å². The highest BCUT2D eigenvalue weighted by atomic mass is 35.5. The van der Waals surface area contributed by atoms with E-state index in [1.807, 2.05) is 6.07 Å². The molecule has 1 aromatic heterocycles. The van der Waals surface area contributed by atoms with Crippen LogP contribution in [0.5, 0.6) is 0 Å². The first-order chi connectivity index (χ1) is 8.57. The second-order valence-corrected chi connectivity index (χ2v) is 7.42. The van der Waals surface area contributed by atoms with Gasteiger partial charge in [-0.2, -0.15) is 0 Å². The molecule has 0 radical (unpaired) electrons. The van der Waals surface area contributed by atoms with Crippen LogP contribution in [0.25, 0.3) is 0 Å². The fourth-order valence-electron chi connectivity index (χ4n) is 2.70. The smallest absolute Gasteiger partial charge is 0.0931 e. The van der Waals surface area contributed by atoms with Gasteiger partial charge in [-0.1, -0.05) is 30.9 Å². The Hall–Kier alpha value is -0.0900. The van der Waals surface area contributed by atoms with Gasteiger partial charge in [0.05, 0.1) is 4.34 Å². The van der Waals surface area contributed by atoms with Crippen molar-refractivity contribution in [2.24, 2.45) is 5.73 Å². The van der Waals surface area contributed by atoms with E-state index in [-0.39, 0.29) is 5.54 Å². The Morgan fingerprint density at radius 2 is 2.06 bits per heavy atom. The van der Waals surface area contributed by atoms with Gasteiger partial charge < -0.3 is 10.6 Å². The zero-order chi connectivity index (χ0) is 13.0. The Morgan fingerprint density at radius 1 is 1.33 bits per heavy atom. The SMILES string of the molecule is CN(CCC1(N)CCCCC1)Cc1ccc(Cl)s1. The van der Waals surface area contributed by atoms with E-state index in [0.717, 1.165) is 23.8 Å². The number of rotatable bonds is 5. The number of hydrogen-bond acceptors (Lipinski definition) is 3. The fourth-order valence-corrected chi connectivity index (χ4v) is 3.87.